The Labute approximate surface area is 195 Å². The van der Waals surface area contributed by atoms with Gasteiger partial charge in [-0.05, 0) is 37.0 Å². The third-order valence-electron chi connectivity index (χ3n) is 6.85. The summed E-state index contributed by atoms with van der Waals surface area (Å²) in [4.78, 5) is 34.4. The van der Waals surface area contributed by atoms with Gasteiger partial charge in [0.15, 0.2) is 6.23 Å². The maximum Gasteiger partial charge on any atom is 0.323 e. The molecule has 4 N–H and O–H groups in total. The number of nitrogens with zero attached hydrogens (tertiary/aromatic N) is 5. The van der Waals surface area contributed by atoms with Crippen molar-refractivity contribution < 1.29 is 24.2 Å². The maximum absolute atomic E-state index is 13.2. The van der Waals surface area contributed by atoms with Crippen LogP contribution in [0.15, 0.2) is 36.8 Å². The average molecular weight is 466 g/mol. The minimum atomic E-state index is -1.06. The molecule has 1 aliphatic carbocycles. The highest BCUT2D eigenvalue weighted by atomic mass is 16.5. The number of hydrogen-bond donors (Lipinski definition) is 2. The summed E-state index contributed by atoms with van der Waals surface area (Å²) in [7, 11) is 0. The van der Waals surface area contributed by atoms with E-state index in [4.69, 9.17) is 9.47 Å². The second kappa shape index (κ2) is 8.33. The lowest BCUT2D eigenvalue weighted by atomic mass is 9.63. The highest BCUT2D eigenvalue weighted by Gasteiger charge is 2.59. The van der Waals surface area contributed by atoms with Crippen molar-refractivity contribution in [3.63, 3.8) is 0 Å². The summed E-state index contributed by atoms with van der Waals surface area (Å²) in [5.74, 6) is -0.779. The molecule has 11 nitrogen and oxygen atoms in total. The number of rotatable bonds is 5. The normalized spacial score (nSPS) is 25.6. The van der Waals surface area contributed by atoms with E-state index in [0.29, 0.717) is 24.4 Å². The van der Waals surface area contributed by atoms with Gasteiger partial charge in [0.05, 0.1) is 29.0 Å². The zero-order valence-electron chi connectivity index (χ0n) is 18.6. The van der Waals surface area contributed by atoms with Crippen molar-refractivity contribution in [1.29, 1.82) is 0 Å². The van der Waals surface area contributed by atoms with Gasteiger partial charge >= 0.3 is 5.97 Å². The Morgan fingerprint density at radius 2 is 2.09 bits per heavy atom. The SMILES string of the molecule is N.O=C(O)CN1C(=O)C2(CC(Oc3ccc4c(cnn4C4CCCCO4)n3)C2)c2ccncc21. The van der Waals surface area contributed by atoms with Crippen molar-refractivity contribution in [1.82, 2.24) is 25.9 Å². The molecule has 5 heterocycles. The van der Waals surface area contributed by atoms with Gasteiger partial charge in [0, 0.05) is 31.7 Å². The standard InChI is InChI=1S/C23H23N5O5.H3N/c29-21(30)13-27-18-12-24-7-6-15(18)23(22(27)31)9-14(10-23)33-19-5-4-17-16(26-19)11-25-28(17)20-3-1-2-8-32-20;/h4-7,11-12,14,20H,1-3,8-10,13H2,(H,29,30);1H3. The molecule has 6 rings (SSSR count). The fourth-order valence-corrected chi connectivity index (χ4v) is 5.28. The third kappa shape index (κ3) is 3.39. The van der Waals surface area contributed by atoms with Crippen LogP contribution in [0.1, 0.15) is 43.9 Å². The van der Waals surface area contributed by atoms with Crippen molar-refractivity contribution >= 4 is 28.6 Å². The quantitative estimate of drug-likeness (QED) is 0.577. The number of aliphatic carboxylic acids is 1. The molecule has 3 aliphatic rings. The van der Waals surface area contributed by atoms with E-state index in [1.54, 1.807) is 24.7 Å². The average Bonchev–Trinajstić information content (AvgIpc) is 3.32. The van der Waals surface area contributed by atoms with Crippen LogP contribution < -0.4 is 15.8 Å². The largest absolute Gasteiger partial charge is 0.480 e. The number of pyridine rings is 2. The Balaban J connectivity index is 0.00000241. The van der Waals surface area contributed by atoms with E-state index < -0.39 is 11.4 Å². The molecule has 0 radical (unpaired) electrons. The minimum Gasteiger partial charge on any atom is -0.480 e. The van der Waals surface area contributed by atoms with Crippen LogP contribution in [0.3, 0.4) is 0 Å². The number of carbonyl (C=O) groups excluding carboxylic acids is 1. The molecule has 11 heteroatoms. The third-order valence-corrected chi connectivity index (χ3v) is 6.85. The van der Waals surface area contributed by atoms with E-state index in [9.17, 15) is 14.7 Å². The van der Waals surface area contributed by atoms with Crippen molar-refractivity contribution in [3.05, 3.63) is 42.4 Å². The van der Waals surface area contributed by atoms with Crippen molar-refractivity contribution in [3.8, 4) is 5.88 Å². The fraction of sp³-hybridized carbons (Fsp3) is 0.435. The van der Waals surface area contributed by atoms with Crippen molar-refractivity contribution in [2.75, 3.05) is 18.1 Å². The molecule has 34 heavy (non-hydrogen) atoms. The lowest BCUT2D eigenvalue weighted by Gasteiger charge is -2.43. The van der Waals surface area contributed by atoms with Crippen LogP contribution >= 0.6 is 0 Å². The molecule has 1 atom stereocenters. The van der Waals surface area contributed by atoms with Crippen LogP contribution in [0.2, 0.25) is 0 Å². The molecule has 0 bridgehead atoms. The van der Waals surface area contributed by atoms with Crippen LogP contribution in [0.4, 0.5) is 5.69 Å². The number of ether oxygens (including phenoxy) is 2. The molecule has 1 amide bonds. The molecule has 0 aromatic carbocycles. The first-order valence-electron chi connectivity index (χ1n) is 11.2. The van der Waals surface area contributed by atoms with Gasteiger partial charge in [-0.2, -0.15) is 5.10 Å². The van der Waals surface area contributed by atoms with Gasteiger partial charge in [0.25, 0.3) is 0 Å². The second-order valence-electron chi connectivity index (χ2n) is 8.87. The first kappa shape index (κ1) is 22.2. The molecule has 1 saturated heterocycles. The fourth-order valence-electron chi connectivity index (χ4n) is 5.28. The number of aromatic nitrogens is 4. The number of carboxylic acids is 1. The summed E-state index contributed by atoms with van der Waals surface area (Å²) in [6, 6.07) is 5.56. The number of fused-ring (bicyclic) bond motifs is 3. The molecule has 1 unspecified atom stereocenters. The maximum atomic E-state index is 13.2. The molecule has 2 aliphatic heterocycles. The number of carboxylic acid groups (broad SMARTS) is 1. The van der Waals surface area contributed by atoms with E-state index in [-0.39, 0.29) is 30.9 Å². The topological polar surface area (TPSA) is 155 Å². The summed E-state index contributed by atoms with van der Waals surface area (Å²) in [5, 5.41) is 13.7. The Morgan fingerprint density at radius 3 is 2.85 bits per heavy atom. The van der Waals surface area contributed by atoms with Gasteiger partial charge in [-0.1, -0.05) is 0 Å². The number of carbonyl (C=O) groups is 2. The zero-order valence-corrected chi connectivity index (χ0v) is 18.6. The van der Waals surface area contributed by atoms with E-state index in [1.807, 2.05) is 16.8 Å². The van der Waals surface area contributed by atoms with Gasteiger partial charge in [0.1, 0.15) is 18.2 Å². The first-order chi connectivity index (χ1) is 16.0. The molecule has 2 fully saturated rings. The Hall–Kier alpha value is -3.57. The summed E-state index contributed by atoms with van der Waals surface area (Å²) in [6.45, 7) is 0.365. The molecular weight excluding hydrogens is 440 g/mol. The first-order valence-corrected chi connectivity index (χ1v) is 11.2. The summed E-state index contributed by atoms with van der Waals surface area (Å²) < 4.78 is 13.8. The van der Waals surface area contributed by atoms with Gasteiger partial charge in [-0.3, -0.25) is 19.5 Å². The summed E-state index contributed by atoms with van der Waals surface area (Å²) in [5.41, 5.74) is 2.26. The monoisotopic (exact) mass is 466 g/mol. The summed E-state index contributed by atoms with van der Waals surface area (Å²) >= 11 is 0. The molecule has 3 aromatic heterocycles. The zero-order chi connectivity index (χ0) is 22.6. The molecule has 1 spiro atoms. The molecular formula is C23H26N6O5. The lowest BCUT2D eigenvalue weighted by Crippen LogP contribution is -2.54. The predicted octanol–water partition coefficient (Wildman–Crippen LogP) is 2.60. The Kier molecular flexibility index (Phi) is 5.45. The Morgan fingerprint density at radius 1 is 1.24 bits per heavy atom. The summed E-state index contributed by atoms with van der Waals surface area (Å²) in [6.07, 6.45) is 8.71. The number of amides is 1. The van der Waals surface area contributed by atoms with Gasteiger partial charge in [0.2, 0.25) is 11.8 Å². The van der Waals surface area contributed by atoms with Crippen LogP contribution in [-0.4, -0.2) is 56.0 Å². The van der Waals surface area contributed by atoms with Crippen molar-refractivity contribution in [2.45, 2.75) is 49.9 Å². The van der Waals surface area contributed by atoms with Crippen LogP contribution in [0.25, 0.3) is 11.0 Å². The predicted molar refractivity (Wildman–Crippen MR) is 121 cm³/mol. The van der Waals surface area contributed by atoms with E-state index in [0.717, 1.165) is 42.5 Å². The number of hydrogen-bond acceptors (Lipinski definition) is 8. The second-order valence-corrected chi connectivity index (χ2v) is 8.87. The van der Waals surface area contributed by atoms with Gasteiger partial charge in [-0.15, -0.1) is 0 Å². The number of anilines is 1. The van der Waals surface area contributed by atoms with E-state index in [1.165, 1.54) is 4.90 Å². The highest BCUT2D eigenvalue weighted by molar-refractivity contribution is 6.10. The smallest absolute Gasteiger partial charge is 0.323 e. The van der Waals surface area contributed by atoms with Gasteiger partial charge < -0.3 is 20.7 Å². The highest BCUT2D eigenvalue weighted by Crippen LogP contribution is 2.54. The minimum absolute atomic E-state index is 0. The lowest BCUT2D eigenvalue weighted by molar-refractivity contribution is -0.138. The molecule has 178 valence electrons. The van der Waals surface area contributed by atoms with Crippen LogP contribution in [0, 0.1) is 0 Å². The van der Waals surface area contributed by atoms with Crippen molar-refractivity contribution in [2.24, 2.45) is 0 Å². The van der Waals surface area contributed by atoms with Gasteiger partial charge in [-0.25, -0.2) is 9.67 Å². The van der Waals surface area contributed by atoms with E-state index in [2.05, 4.69) is 15.1 Å². The van der Waals surface area contributed by atoms with E-state index >= 15 is 0 Å². The molecule has 3 aromatic rings. The van der Waals surface area contributed by atoms with Crippen LogP contribution in [0.5, 0.6) is 5.88 Å². The Bertz CT molecular complexity index is 1250. The molecule has 1 saturated carbocycles. The van der Waals surface area contributed by atoms with Crippen LogP contribution in [-0.2, 0) is 19.7 Å².